The van der Waals surface area contributed by atoms with E-state index in [9.17, 15) is 19.5 Å². The van der Waals surface area contributed by atoms with Crippen LogP contribution in [0.1, 0.15) is 65.7 Å². The fourth-order valence-corrected chi connectivity index (χ4v) is 6.02. The van der Waals surface area contributed by atoms with E-state index in [1.165, 1.54) is 11.3 Å². The Balaban J connectivity index is 1.63. The van der Waals surface area contributed by atoms with Crippen molar-refractivity contribution >= 4 is 39.8 Å². The van der Waals surface area contributed by atoms with Gasteiger partial charge in [-0.1, -0.05) is 37.5 Å². The number of benzene rings is 1. The standard InChI is InChI=1S/C24H28N2O4S/c27-21(16-11-7-8-12-17(16)24(29)30)26-23-20(18-13-5-2-6-14-19(18)31-23)22(28)25-15-9-3-1-4-10-15/h1,3-4,9-10,16-17H,2,5-8,11-14H2,(H,25,28)(H,26,27)(H,29,30). The molecule has 2 aromatic rings. The molecule has 4 rings (SSSR count). The topological polar surface area (TPSA) is 95.5 Å². The number of hydrogen-bond acceptors (Lipinski definition) is 4. The third-order valence-corrected chi connectivity index (χ3v) is 7.54. The number of amides is 2. The van der Waals surface area contributed by atoms with Gasteiger partial charge in [0.1, 0.15) is 5.00 Å². The predicted octanol–water partition coefficient (Wildman–Crippen LogP) is 5.10. The smallest absolute Gasteiger partial charge is 0.307 e. The molecule has 2 unspecified atom stereocenters. The first-order chi connectivity index (χ1) is 15.0. The Morgan fingerprint density at radius 2 is 1.58 bits per heavy atom. The number of para-hydroxylation sites is 1. The lowest BCUT2D eigenvalue weighted by molar-refractivity contribution is -0.147. The van der Waals surface area contributed by atoms with Gasteiger partial charge in [-0.25, -0.2) is 0 Å². The van der Waals surface area contributed by atoms with Crippen molar-refractivity contribution in [3.63, 3.8) is 0 Å². The van der Waals surface area contributed by atoms with Gasteiger partial charge in [-0.05, 0) is 56.2 Å². The predicted molar refractivity (Wildman–Crippen MR) is 122 cm³/mol. The molecule has 2 amide bonds. The zero-order valence-corrected chi connectivity index (χ0v) is 18.3. The number of carboxylic acids is 1. The van der Waals surface area contributed by atoms with Crippen molar-refractivity contribution in [2.24, 2.45) is 11.8 Å². The zero-order chi connectivity index (χ0) is 21.8. The highest BCUT2D eigenvalue weighted by molar-refractivity contribution is 7.17. The SMILES string of the molecule is O=C(Nc1ccccc1)c1c(NC(=O)C2CCCCC2C(=O)O)sc2c1CCCCC2. The summed E-state index contributed by atoms with van der Waals surface area (Å²) in [6.07, 6.45) is 7.73. The maximum absolute atomic E-state index is 13.3. The van der Waals surface area contributed by atoms with Crippen LogP contribution in [0.5, 0.6) is 0 Å². The molecule has 1 aromatic heterocycles. The fraction of sp³-hybridized carbons (Fsp3) is 0.458. The van der Waals surface area contributed by atoms with Gasteiger partial charge in [-0.3, -0.25) is 14.4 Å². The van der Waals surface area contributed by atoms with Gasteiger partial charge in [0.15, 0.2) is 0 Å². The maximum Gasteiger partial charge on any atom is 0.307 e. The van der Waals surface area contributed by atoms with E-state index in [0.717, 1.165) is 55.4 Å². The summed E-state index contributed by atoms with van der Waals surface area (Å²) in [5.74, 6) is -2.63. The monoisotopic (exact) mass is 440 g/mol. The van der Waals surface area contributed by atoms with Crippen LogP contribution in [0.4, 0.5) is 10.7 Å². The Morgan fingerprint density at radius 1 is 0.871 bits per heavy atom. The summed E-state index contributed by atoms with van der Waals surface area (Å²) in [6, 6.07) is 9.28. The molecule has 2 aliphatic rings. The Kier molecular flexibility index (Phi) is 6.70. The number of hydrogen-bond donors (Lipinski definition) is 3. The maximum atomic E-state index is 13.3. The highest BCUT2D eigenvalue weighted by atomic mass is 32.1. The van der Waals surface area contributed by atoms with E-state index in [-0.39, 0.29) is 11.8 Å². The first-order valence-corrected chi connectivity index (χ1v) is 11.9. The lowest BCUT2D eigenvalue weighted by Crippen LogP contribution is -2.36. The Hall–Kier alpha value is -2.67. The molecule has 1 heterocycles. The first kappa shape index (κ1) is 21.6. The summed E-state index contributed by atoms with van der Waals surface area (Å²) in [5, 5.41) is 16.0. The van der Waals surface area contributed by atoms with Gasteiger partial charge >= 0.3 is 5.97 Å². The van der Waals surface area contributed by atoms with Crippen LogP contribution < -0.4 is 10.6 Å². The van der Waals surface area contributed by atoms with Crippen molar-refractivity contribution in [3.05, 3.63) is 46.3 Å². The van der Waals surface area contributed by atoms with Crippen LogP contribution >= 0.6 is 11.3 Å². The van der Waals surface area contributed by atoms with E-state index in [4.69, 9.17) is 0 Å². The molecule has 2 atom stereocenters. The summed E-state index contributed by atoms with van der Waals surface area (Å²) in [7, 11) is 0. The van der Waals surface area contributed by atoms with Gasteiger partial charge in [0.05, 0.1) is 17.4 Å². The zero-order valence-electron chi connectivity index (χ0n) is 17.5. The van der Waals surface area contributed by atoms with E-state index in [1.807, 2.05) is 30.3 Å². The number of rotatable bonds is 5. The molecule has 0 saturated heterocycles. The lowest BCUT2D eigenvalue weighted by atomic mass is 9.78. The van der Waals surface area contributed by atoms with Crippen molar-refractivity contribution in [1.29, 1.82) is 0 Å². The van der Waals surface area contributed by atoms with Gasteiger partial charge in [-0.2, -0.15) is 0 Å². The molecule has 2 aliphatic carbocycles. The van der Waals surface area contributed by atoms with Crippen molar-refractivity contribution in [3.8, 4) is 0 Å². The van der Waals surface area contributed by atoms with Gasteiger partial charge in [0.2, 0.25) is 5.91 Å². The molecule has 31 heavy (non-hydrogen) atoms. The number of carbonyl (C=O) groups is 3. The van der Waals surface area contributed by atoms with E-state index in [2.05, 4.69) is 10.6 Å². The second-order valence-electron chi connectivity index (χ2n) is 8.41. The average Bonchev–Trinajstić information content (AvgIpc) is 2.94. The molecule has 1 saturated carbocycles. The van der Waals surface area contributed by atoms with E-state index < -0.39 is 17.8 Å². The summed E-state index contributed by atoms with van der Waals surface area (Å²) in [5.41, 5.74) is 2.28. The lowest BCUT2D eigenvalue weighted by Gasteiger charge is -2.27. The second kappa shape index (κ2) is 9.64. The van der Waals surface area contributed by atoms with Crippen LogP contribution in [-0.4, -0.2) is 22.9 Å². The van der Waals surface area contributed by atoms with E-state index in [0.29, 0.717) is 29.1 Å². The number of aryl methyl sites for hydroxylation is 1. The normalized spacial score (nSPS) is 20.9. The summed E-state index contributed by atoms with van der Waals surface area (Å²) in [4.78, 5) is 39.2. The molecule has 7 heteroatoms. The third-order valence-electron chi connectivity index (χ3n) is 6.34. The summed E-state index contributed by atoms with van der Waals surface area (Å²) >= 11 is 1.48. The summed E-state index contributed by atoms with van der Waals surface area (Å²) < 4.78 is 0. The highest BCUT2D eigenvalue weighted by Crippen LogP contribution is 2.39. The minimum absolute atomic E-state index is 0.223. The number of nitrogens with one attached hydrogen (secondary N) is 2. The summed E-state index contributed by atoms with van der Waals surface area (Å²) in [6.45, 7) is 0. The molecule has 0 bridgehead atoms. The number of aliphatic carboxylic acids is 1. The number of anilines is 2. The molecule has 0 aliphatic heterocycles. The van der Waals surface area contributed by atoms with Crippen molar-refractivity contribution in [2.45, 2.75) is 57.8 Å². The van der Waals surface area contributed by atoms with E-state index >= 15 is 0 Å². The van der Waals surface area contributed by atoms with Crippen LogP contribution in [0.15, 0.2) is 30.3 Å². The molecular formula is C24H28N2O4S. The van der Waals surface area contributed by atoms with Gasteiger partial charge in [0, 0.05) is 10.6 Å². The highest BCUT2D eigenvalue weighted by Gasteiger charge is 2.37. The molecule has 6 nitrogen and oxygen atoms in total. The largest absolute Gasteiger partial charge is 0.481 e. The molecule has 1 aromatic carbocycles. The van der Waals surface area contributed by atoms with Gasteiger partial charge in [-0.15, -0.1) is 11.3 Å². The average molecular weight is 441 g/mol. The van der Waals surface area contributed by atoms with Crippen LogP contribution in [0, 0.1) is 11.8 Å². The van der Waals surface area contributed by atoms with Crippen LogP contribution in [0.25, 0.3) is 0 Å². The van der Waals surface area contributed by atoms with Crippen LogP contribution in [0.3, 0.4) is 0 Å². The first-order valence-electron chi connectivity index (χ1n) is 11.1. The Labute approximate surface area is 186 Å². The van der Waals surface area contributed by atoms with Crippen molar-refractivity contribution < 1.29 is 19.5 Å². The number of carbonyl (C=O) groups excluding carboxylic acids is 2. The minimum Gasteiger partial charge on any atom is -0.481 e. The Bertz CT molecular complexity index is 969. The molecular weight excluding hydrogens is 412 g/mol. The fourth-order valence-electron chi connectivity index (χ4n) is 4.73. The molecule has 164 valence electrons. The molecule has 0 radical (unpaired) electrons. The quantitative estimate of drug-likeness (QED) is 0.564. The van der Waals surface area contributed by atoms with Crippen molar-refractivity contribution in [1.82, 2.24) is 0 Å². The third kappa shape index (κ3) is 4.82. The number of fused-ring (bicyclic) bond motifs is 1. The van der Waals surface area contributed by atoms with Crippen LogP contribution in [-0.2, 0) is 22.4 Å². The number of carboxylic acid groups (broad SMARTS) is 1. The minimum atomic E-state index is -0.913. The molecule has 1 fully saturated rings. The molecule has 3 N–H and O–H groups in total. The van der Waals surface area contributed by atoms with Crippen molar-refractivity contribution in [2.75, 3.05) is 10.6 Å². The van der Waals surface area contributed by atoms with Gasteiger partial charge < -0.3 is 15.7 Å². The Morgan fingerprint density at radius 3 is 2.32 bits per heavy atom. The van der Waals surface area contributed by atoms with Crippen LogP contribution in [0.2, 0.25) is 0 Å². The van der Waals surface area contributed by atoms with E-state index in [1.54, 1.807) is 0 Å². The number of thiophene rings is 1. The second-order valence-corrected chi connectivity index (χ2v) is 9.52. The molecule has 0 spiro atoms. The van der Waals surface area contributed by atoms with Gasteiger partial charge in [0.25, 0.3) is 5.91 Å².